The van der Waals surface area contributed by atoms with Crippen molar-refractivity contribution in [2.24, 2.45) is 5.92 Å². The zero-order valence-electron chi connectivity index (χ0n) is 10.8. The molecule has 1 saturated carbocycles. The third-order valence-electron chi connectivity index (χ3n) is 4.07. The number of aromatic nitrogens is 3. The van der Waals surface area contributed by atoms with Gasteiger partial charge in [0.25, 0.3) is 0 Å². The van der Waals surface area contributed by atoms with E-state index in [9.17, 15) is 0 Å². The van der Waals surface area contributed by atoms with Crippen molar-refractivity contribution in [2.75, 3.05) is 0 Å². The summed E-state index contributed by atoms with van der Waals surface area (Å²) in [6, 6.07) is 4.38. The summed E-state index contributed by atoms with van der Waals surface area (Å²) in [7, 11) is 0. The summed E-state index contributed by atoms with van der Waals surface area (Å²) in [5, 5.41) is -0.0817. The SMILES string of the molecule is CC(Cl)c1nc2cccnc2n1C(C)C1CCC1. The Morgan fingerprint density at radius 3 is 2.78 bits per heavy atom. The summed E-state index contributed by atoms with van der Waals surface area (Å²) in [6.45, 7) is 4.25. The minimum absolute atomic E-state index is 0.0817. The van der Waals surface area contributed by atoms with Crippen molar-refractivity contribution in [1.29, 1.82) is 0 Å². The van der Waals surface area contributed by atoms with E-state index < -0.39 is 0 Å². The molecule has 0 N–H and O–H groups in total. The predicted octanol–water partition coefficient (Wildman–Crippen LogP) is 4.09. The highest BCUT2D eigenvalue weighted by atomic mass is 35.5. The van der Waals surface area contributed by atoms with Crippen molar-refractivity contribution in [3.63, 3.8) is 0 Å². The van der Waals surface area contributed by atoms with Gasteiger partial charge in [0.1, 0.15) is 11.3 Å². The molecule has 2 unspecified atom stereocenters. The number of imidazole rings is 1. The van der Waals surface area contributed by atoms with Gasteiger partial charge in [-0.15, -0.1) is 11.6 Å². The molecule has 0 spiro atoms. The Bertz CT molecular complexity index is 557. The van der Waals surface area contributed by atoms with E-state index in [0.717, 1.165) is 22.9 Å². The van der Waals surface area contributed by atoms with Gasteiger partial charge in [-0.2, -0.15) is 0 Å². The Kier molecular flexibility index (Phi) is 3.02. The molecule has 0 radical (unpaired) electrons. The molecule has 2 aromatic rings. The van der Waals surface area contributed by atoms with Gasteiger partial charge in [0.05, 0.1) is 5.38 Å². The zero-order valence-corrected chi connectivity index (χ0v) is 11.6. The maximum Gasteiger partial charge on any atom is 0.160 e. The van der Waals surface area contributed by atoms with E-state index in [1.807, 2.05) is 25.3 Å². The molecule has 1 fully saturated rings. The van der Waals surface area contributed by atoms with Crippen molar-refractivity contribution >= 4 is 22.8 Å². The van der Waals surface area contributed by atoms with Crippen LogP contribution in [0, 0.1) is 5.92 Å². The third kappa shape index (κ3) is 1.81. The van der Waals surface area contributed by atoms with E-state index in [4.69, 9.17) is 11.6 Å². The first-order valence-corrected chi connectivity index (χ1v) is 7.09. The molecule has 2 atom stereocenters. The van der Waals surface area contributed by atoms with Crippen molar-refractivity contribution in [3.8, 4) is 0 Å². The van der Waals surface area contributed by atoms with Crippen molar-refractivity contribution in [1.82, 2.24) is 14.5 Å². The fourth-order valence-electron chi connectivity index (χ4n) is 2.76. The molecule has 3 rings (SSSR count). The second kappa shape index (κ2) is 4.54. The molecule has 18 heavy (non-hydrogen) atoms. The second-order valence-corrected chi connectivity index (χ2v) is 5.89. The van der Waals surface area contributed by atoms with Crippen molar-refractivity contribution in [2.45, 2.75) is 44.5 Å². The third-order valence-corrected chi connectivity index (χ3v) is 4.27. The molecule has 0 aromatic carbocycles. The van der Waals surface area contributed by atoms with E-state index in [2.05, 4.69) is 21.5 Å². The molecule has 0 saturated heterocycles. The minimum atomic E-state index is -0.0817. The molecule has 3 nitrogen and oxygen atoms in total. The van der Waals surface area contributed by atoms with Gasteiger partial charge in [-0.25, -0.2) is 9.97 Å². The molecule has 96 valence electrons. The van der Waals surface area contributed by atoms with Gasteiger partial charge < -0.3 is 4.57 Å². The molecule has 2 aromatic heterocycles. The molecular formula is C14H18ClN3. The van der Waals surface area contributed by atoms with Crippen LogP contribution in [-0.4, -0.2) is 14.5 Å². The Morgan fingerprint density at radius 2 is 2.17 bits per heavy atom. The molecule has 0 aliphatic heterocycles. The lowest BCUT2D eigenvalue weighted by Gasteiger charge is -2.33. The zero-order chi connectivity index (χ0) is 12.7. The van der Waals surface area contributed by atoms with E-state index >= 15 is 0 Å². The fourth-order valence-corrected chi connectivity index (χ4v) is 2.92. The van der Waals surface area contributed by atoms with Gasteiger partial charge in [-0.3, -0.25) is 0 Å². The Morgan fingerprint density at radius 1 is 1.39 bits per heavy atom. The summed E-state index contributed by atoms with van der Waals surface area (Å²) in [4.78, 5) is 9.13. The van der Waals surface area contributed by atoms with Crippen molar-refractivity contribution < 1.29 is 0 Å². The number of pyridine rings is 1. The van der Waals surface area contributed by atoms with Crippen LogP contribution in [0.25, 0.3) is 11.2 Å². The average molecular weight is 264 g/mol. The lowest BCUT2D eigenvalue weighted by molar-refractivity contribution is 0.222. The first-order valence-electron chi connectivity index (χ1n) is 6.65. The van der Waals surface area contributed by atoms with Crippen LogP contribution < -0.4 is 0 Å². The lowest BCUT2D eigenvalue weighted by atomic mass is 9.80. The largest absolute Gasteiger partial charge is 0.308 e. The summed E-state index contributed by atoms with van der Waals surface area (Å²) in [5.74, 6) is 1.70. The van der Waals surface area contributed by atoms with Gasteiger partial charge in [-0.1, -0.05) is 6.42 Å². The average Bonchev–Trinajstić information content (AvgIpc) is 2.65. The lowest BCUT2D eigenvalue weighted by Crippen LogP contribution is -2.24. The van der Waals surface area contributed by atoms with Gasteiger partial charge in [0, 0.05) is 12.2 Å². The highest BCUT2D eigenvalue weighted by Crippen LogP contribution is 2.39. The number of fused-ring (bicyclic) bond motifs is 1. The fraction of sp³-hybridized carbons (Fsp3) is 0.571. The van der Waals surface area contributed by atoms with Gasteiger partial charge >= 0.3 is 0 Å². The van der Waals surface area contributed by atoms with Crippen LogP contribution in [-0.2, 0) is 0 Å². The number of halogens is 1. The number of hydrogen-bond acceptors (Lipinski definition) is 2. The van der Waals surface area contributed by atoms with Gasteiger partial charge in [0.2, 0.25) is 0 Å². The standard InChI is InChI=1S/C14H18ClN3/c1-9(15)13-17-12-7-4-8-16-14(12)18(13)10(2)11-5-3-6-11/h4,7-11H,3,5-6H2,1-2H3. The summed E-state index contributed by atoms with van der Waals surface area (Å²) in [6.07, 6.45) is 5.80. The molecule has 0 amide bonds. The summed E-state index contributed by atoms with van der Waals surface area (Å²) >= 11 is 6.28. The van der Waals surface area contributed by atoms with Crippen LogP contribution in [0.1, 0.15) is 50.4 Å². The first-order chi connectivity index (χ1) is 8.68. The molecule has 2 heterocycles. The Balaban J connectivity index is 2.14. The smallest absolute Gasteiger partial charge is 0.160 e. The van der Waals surface area contributed by atoms with Crippen LogP contribution in [0.5, 0.6) is 0 Å². The molecule has 0 bridgehead atoms. The molecule has 1 aliphatic rings. The molecule has 4 heteroatoms. The van der Waals surface area contributed by atoms with Crippen LogP contribution in [0.2, 0.25) is 0 Å². The van der Waals surface area contributed by atoms with E-state index in [-0.39, 0.29) is 5.38 Å². The predicted molar refractivity (Wildman–Crippen MR) is 73.8 cm³/mol. The maximum absolute atomic E-state index is 6.28. The summed E-state index contributed by atoms with van der Waals surface area (Å²) < 4.78 is 2.25. The maximum atomic E-state index is 6.28. The summed E-state index contributed by atoms with van der Waals surface area (Å²) in [5.41, 5.74) is 1.92. The van der Waals surface area contributed by atoms with Gasteiger partial charge in [-0.05, 0) is 44.7 Å². The highest BCUT2D eigenvalue weighted by Gasteiger charge is 2.29. The first kappa shape index (κ1) is 12.0. The Hall–Kier alpha value is -1.09. The normalized spacial score (nSPS) is 19.7. The quantitative estimate of drug-likeness (QED) is 0.781. The topological polar surface area (TPSA) is 30.7 Å². The second-order valence-electron chi connectivity index (χ2n) is 5.23. The number of rotatable bonds is 3. The van der Waals surface area contributed by atoms with Gasteiger partial charge in [0.15, 0.2) is 5.65 Å². The van der Waals surface area contributed by atoms with Crippen LogP contribution in [0.3, 0.4) is 0 Å². The minimum Gasteiger partial charge on any atom is -0.308 e. The number of alkyl halides is 1. The number of nitrogens with zero attached hydrogens (tertiary/aromatic N) is 3. The van der Waals surface area contributed by atoms with E-state index in [1.165, 1.54) is 19.3 Å². The van der Waals surface area contributed by atoms with Crippen LogP contribution in [0.4, 0.5) is 0 Å². The van der Waals surface area contributed by atoms with Crippen LogP contribution in [0.15, 0.2) is 18.3 Å². The Labute approximate surface area is 112 Å². The van der Waals surface area contributed by atoms with E-state index in [1.54, 1.807) is 0 Å². The molecule has 1 aliphatic carbocycles. The van der Waals surface area contributed by atoms with Crippen LogP contribution >= 0.6 is 11.6 Å². The number of hydrogen-bond donors (Lipinski definition) is 0. The molecular weight excluding hydrogens is 246 g/mol. The highest BCUT2D eigenvalue weighted by molar-refractivity contribution is 6.20. The van der Waals surface area contributed by atoms with E-state index in [0.29, 0.717) is 6.04 Å². The monoisotopic (exact) mass is 263 g/mol. The van der Waals surface area contributed by atoms with Crippen molar-refractivity contribution in [3.05, 3.63) is 24.2 Å².